The predicted molar refractivity (Wildman–Crippen MR) is 79.0 cm³/mol. The largest absolute Gasteiger partial charge is 0.481 e. The number of carboxylic acid groups (broad SMARTS) is 1. The fourth-order valence-electron chi connectivity index (χ4n) is 1.76. The Morgan fingerprint density at radius 1 is 1.55 bits per heavy atom. The van der Waals surface area contributed by atoms with Crippen LogP contribution < -0.4 is 0 Å². The van der Waals surface area contributed by atoms with Gasteiger partial charge in [-0.2, -0.15) is 0 Å². The Morgan fingerprint density at radius 2 is 2.30 bits per heavy atom. The first-order valence-corrected chi connectivity index (χ1v) is 7.67. The number of aromatic nitrogens is 2. The zero-order chi connectivity index (χ0) is 14.7. The average Bonchev–Trinajstić information content (AvgIpc) is 2.82. The Balaban J connectivity index is 2.50. The number of aliphatic carboxylic acids is 1. The summed E-state index contributed by atoms with van der Waals surface area (Å²) in [6.07, 6.45) is 2.32. The molecule has 2 rings (SSSR count). The SMILES string of the molecule is CCc1cnc(SCC(=O)O)n1-c1cc(Br)ccc1F. The van der Waals surface area contributed by atoms with Gasteiger partial charge in [-0.25, -0.2) is 9.37 Å². The number of hydrogen-bond donors (Lipinski definition) is 1. The maximum Gasteiger partial charge on any atom is 0.313 e. The molecule has 0 radical (unpaired) electrons. The molecule has 106 valence electrons. The minimum Gasteiger partial charge on any atom is -0.481 e. The number of benzene rings is 1. The van der Waals surface area contributed by atoms with Crippen molar-refractivity contribution >= 4 is 33.7 Å². The smallest absolute Gasteiger partial charge is 0.313 e. The first kappa shape index (κ1) is 15.1. The van der Waals surface area contributed by atoms with E-state index >= 15 is 0 Å². The topological polar surface area (TPSA) is 55.1 Å². The summed E-state index contributed by atoms with van der Waals surface area (Å²) in [5.74, 6) is -1.43. The van der Waals surface area contributed by atoms with Crippen molar-refractivity contribution in [1.29, 1.82) is 0 Å². The van der Waals surface area contributed by atoms with Gasteiger partial charge in [0.1, 0.15) is 5.82 Å². The fraction of sp³-hybridized carbons (Fsp3) is 0.231. The highest BCUT2D eigenvalue weighted by molar-refractivity contribution is 9.10. The molecule has 0 amide bonds. The first-order valence-electron chi connectivity index (χ1n) is 5.89. The molecule has 4 nitrogen and oxygen atoms in total. The molecule has 0 atom stereocenters. The number of carbonyl (C=O) groups is 1. The molecule has 2 aromatic rings. The second-order valence-electron chi connectivity index (χ2n) is 4.00. The minimum absolute atomic E-state index is 0.115. The molecule has 0 unspecified atom stereocenters. The Labute approximate surface area is 128 Å². The third-order valence-electron chi connectivity index (χ3n) is 2.64. The average molecular weight is 359 g/mol. The molecule has 7 heteroatoms. The minimum atomic E-state index is -0.933. The lowest BCUT2D eigenvalue weighted by Gasteiger charge is -2.12. The highest BCUT2D eigenvalue weighted by Crippen LogP contribution is 2.27. The number of halogens is 2. The molecule has 0 aliphatic heterocycles. The lowest BCUT2D eigenvalue weighted by atomic mass is 10.3. The van der Waals surface area contributed by atoms with Gasteiger partial charge >= 0.3 is 5.97 Å². The summed E-state index contributed by atoms with van der Waals surface area (Å²) in [5, 5.41) is 9.23. The Hall–Kier alpha value is -1.34. The molecule has 0 aliphatic carbocycles. The lowest BCUT2D eigenvalue weighted by molar-refractivity contribution is -0.133. The quantitative estimate of drug-likeness (QED) is 0.830. The van der Waals surface area contributed by atoms with Crippen molar-refractivity contribution in [1.82, 2.24) is 9.55 Å². The van der Waals surface area contributed by atoms with E-state index < -0.39 is 5.97 Å². The van der Waals surface area contributed by atoms with E-state index in [4.69, 9.17) is 5.11 Å². The molecule has 0 fully saturated rings. The van der Waals surface area contributed by atoms with Crippen LogP contribution in [0.25, 0.3) is 5.69 Å². The van der Waals surface area contributed by atoms with Crippen LogP contribution in [0, 0.1) is 5.82 Å². The number of hydrogen-bond acceptors (Lipinski definition) is 3. The molecule has 0 saturated carbocycles. The predicted octanol–water partition coefficient (Wildman–Crippen LogP) is 3.51. The number of aryl methyl sites for hydroxylation is 1. The molecular weight excluding hydrogens is 347 g/mol. The van der Waals surface area contributed by atoms with E-state index in [1.54, 1.807) is 22.9 Å². The Morgan fingerprint density at radius 3 is 2.95 bits per heavy atom. The van der Waals surface area contributed by atoms with Gasteiger partial charge < -0.3 is 5.11 Å². The molecule has 20 heavy (non-hydrogen) atoms. The molecule has 0 saturated heterocycles. The summed E-state index contributed by atoms with van der Waals surface area (Å²) in [4.78, 5) is 14.9. The number of rotatable bonds is 5. The maximum atomic E-state index is 14.0. The van der Waals surface area contributed by atoms with Gasteiger partial charge in [-0.3, -0.25) is 9.36 Å². The summed E-state index contributed by atoms with van der Waals surface area (Å²) >= 11 is 4.38. The van der Waals surface area contributed by atoms with E-state index in [0.29, 0.717) is 17.3 Å². The highest BCUT2D eigenvalue weighted by atomic mass is 79.9. The summed E-state index contributed by atoms with van der Waals surface area (Å²) in [7, 11) is 0. The first-order chi connectivity index (χ1) is 9.52. The molecule has 0 bridgehead atoms. The zero-order valence-corrected chi connectivity index (χ0v) is 13.0. The highest BCUT2D eigenvalue weighted by Gasteiger charge is 2.16. The number of carboxylic acids is 1. The van der Waals surface area contributed by atoms with Gasteiger partial charge in [0.15, 0.2) is 5.16 Å². The monoisotopic (exact) mass is 358 g/mol. The van der Waals surface area contributed by atoms with Crippen LogP contribution in [0.3, 0.4) is 0 Å². The standard InChI is InChI=1S/C13H12BrFN2O2S/c1-2-9-6-16-13(20-7-12(18)19)17(9)11-5-8(14)3-4-10(11)15/h3-6H,2,7H2,1H3,(H,18,19). The van der Waals surface area contributed by atoms with Crippen LogP contribution in [-0.2, 0) is 11.2 Å². The molecule has 0 spiro atoms. The summed E-state index contributed by atoms with van der Waals surface area (Å²) in [6, 6.07) is 4.64. The van der Waals surface area contributed by atoms with Crippen molar-refractivity contribution in [3.63, 3.8) is 0 Å². The van der Waals surface area contributed by atoms with Gasteiger partial charge in [0, 0.05) is 16.4 Å². The van der Waals surface area contributed by atoms with Crippen LogP contribution in [-0.4, -0.2) is 26.4 Å². The van der Waals surface area contributed by atoms with Gasteiger partial charge in [-0.1, -0.05) is 34.6 Å². The van der Waals surface area contributed by atoms with E-state index in [1.807, 2.05) is 6.92 Å². The van der Waals surface area contributed by atoms with Crippen molar-refractivity contribution < 1.29 is 14.3 Å². The van der Waals surface area contributed by atoms with Crippen LogP contribution in [0.4, 0.5) is 4.39 Å². The molecular formula is C13H12BrFN2O2S. The summed E-state index contributed by atoms with van der Waals surface area (Å²) in [5.41, 5.74) is 1.19. The Bertz CT molecular complexity index is 645. The van der Waals surface area contributed by atoms with E-state index in [0.717, 1.165) is 21.9 Å². The van der Waals surface area contributed by atoms with Crippen LogP contribution in [0.5, 0.6) is 0 Å². The second-order valence-corrected chi connectivity index (χ2v) is 5.86. The molecule has 1 heterocycles. The number of imidazole rings is 1. The molecule has 1 aromatic carbocycles. The van der Waals surface area contributed by atoms with Crippen molar-refractivity contribution in [2.75, 3.05) is 5.75 Å². The van der Waals surface area contributed by atoms with Crippen molar-refractivity contribution in [3.8, 4) is 5.69 Å². The van der Waals surface area contributed by atoms with Crippen LogP contribution in [0.1, 0.15) is 12.6 Å². The Kier molecular flexibility index (Phi) is 4.82. The van der Waals surface area contributed by atoms with Gasteiger partial charge in [0.05, 0.1) is 11.4 Å². The van der Waals surface area contributed by atoms with E-state index in [2.05, 4.69) is 20.9 Å². The van der Waals surface area contributed by atoms with Gasteiger partial charge in [-0.15, -0.1) is 0 Å². The van der Waals surface area contributed by atoms with Crippen molar-refractivity contribution in [2.45, 2.75) is 18.5 Å². The normalized spacial score (nSPS) is 10.8. The molecule has 1 N–H and O–H groups in total. The third-order valence-corrected chi connectivity index (χ3v) is 4.07. The van der Waals surface area contributed by atoms with Crippen LogP contribution in [0.2, 0.25) is 0 Å². The van der Waals surface area contributed by atoms with Crippen LogP contribution in [0.15, 0.2) is 34.0 Å². The fourth-order valence-corrected chi connectivity index (χ4v) is 2.83. The van der Waals surface area contributed by atoms with E-state index in [9.17, 15) is 9.18 Å². The number of nitrogens with zero attached hydrogens (tertiary/aromatic N) is 2. The third kappa shape index (κ3) is 3.21. The van der Waals surface area contributed by atoms with Crippen molar-refractivity contribution in [2.24, 2.45) is 0 Å². The van der Waals surface area contributed by atoms with Gasteiger partial charge in [0.25, 0.3) is 0 Å². The van der Waals surface area contributed by atoms with E-state index in [-0.39, 0.29) is 11.6 Å². The van der Waals surface area contributed by atoms with E-state index in [1.165, 1.54) is 6.07 Å². The van der Waals surface area contributed by atoms with Crippen LogP contribution >= 0.6 is 27.7 Å². The summed E-state index contributed by atoms with van der Waals surface area (Å²) < 4.78 is 16.4. The van der Waals surface area contributed by atoms with Gasteiger partial charge in [-0.05, 0) is 24.6 Å². The summed E-state index contributed by atoms with van der Waals surface area (Å²) in [6.45, 7) is 1.94. The molecule has 1 aromatic heterocycles. The molecule has 0 aliphatic rings. The zero-order valence-electron chi connectivity index (χ0n) is 10.6. The van der Waals surface area contributed by atoms with Crippen molar-refractivity contribution in [3.05, 3.63) is 40.4 Å². The second kappa shape index (κ2) is 6.41. The number of thioether (sulfide) groups is 1. The van der Waals surface area contributed by atoms with Gasteiger partial charge in [0.2, 0.25) is 0 Å². The maximum absolute atomic E-state index is 14.0. The lowest BCUT2D eigenvalue weighted by Crippen LogP contribution is -2.06.